The Kier molecular flexibility index (Phi) is 6.17. The molecule has 116 valence electrons. The van der Waals surface area contributed by atoms with Crippen LogP contribution in [0.15, 0.2) is 24.3 Å². The third kappa shape index (κ3) is 4.75. The van der Waals surface area contributed by atoms with E-state index in [2.05, 4.69) is 0 Å². The molecule has 0 aliphatic carbocycles. The van der Waals surface area contributed by atoms with Crippen LogP contribution in [-0.4, -0.2) is 58.3 Å². The second-order valence-electron chi connectivity index (χ2n) is 5.15. The summed E-state index contributed by atoms with van der Waals surface area (Å²) in [4.78, 5) is 26.2. The Morgan fingerprint density at radius 3 is 2.19 bits per heavy atom. The number of benzene rings is 1. The van der Waals surface area contributed by atoms with Crippen LogP contribution in [0.5, 0.6) is 0 Å². The van der Waals surface area contributed by atoms with Gasteiger partial charge in [-0.3, -0.25) is 0 Å². The molecule has 0 saturated heterocycles. The number of carbonyl (C=O) groups is 2. The van der Waals surface area contributed by atoms with E-state index in [-0.39, 0.29) is 24.2 Å². The Hall–Kier alpha value is -2.08. The highest BCUT2D eigenvalue weighted by Gasteiger charge is 2.20. The predicted molar refractivity (Wildman–Crippen MR) is 79.2 cm³/mol. The fourth-order valence-electron chi connectivity index (χ4n) is 2.00. The molecule has 6 heteroatoms. The highest BCUT2D eigenvalue weighted by Crippen LogP contribution is 2.10. The van der Waals surface area contributed by atoms with Gasteiger partial charge in [0.05, 0.1) is 12.2 Å². The van der Waals surface area contributed by atoms with Gasteiger partial charge in [0.25, 0.3) is 0 Å². The molecule has 2 N–H and O–H groups in total. The fraction of sp³-hybridized carbons (Fsp3) is 0.467. The van der Waals surface area contributed by atoms with Crippen molar-refractivity contribution in [2.24, 2.45) is 0 Å². The molecule has 0 heterocycles. The van der Waals surface area contributed by atoms with Gasteiger partial charge in [-0.1, -0.05) is 12.1 Å². The largest absolute Gasteiger partial charge is 0.478 e. The van der Waals surface area contributed by atoms with Crippen molar-refractivity contribution in [3.05, 3.63) is 35.4 Å². The number of carboxylic acid groups (broad SMARTS) is 1. The van der Waals surface area contributed by atoms with E-state index in [1.165, 1.54) is 12.1 Å². The molecule has 2 amide bonds. The monoisotopic (exact) mass is 294 g/mol. The Balaban J connectivity index is 2.72. The molecule has 0 atom stereocenters. The predicted octanol–water partition coefficient (Wildman–Crippen LogP) is 1.64. The Morgan fingerprint density at radius 1 is 1.19 bits per heavy atom. The normalized spacial score (nSPS) is 10.5. The molecule has 1 aromatic carbocycles. The van der Waals surface area contributed by atoms with Crippen LogP contribution in [0.4, 0.5) is 4.79 Å². The van der Waals surface area contributed by atoms with Crippen LogP contribution >= 0.6 is 0 Å². The molecule has 0 aliphatic rings. The quantitative estimate of drug-likeness (QED) is 0.835. The maximum absolute atomic E-state index is 12.3. The van der Waals surface area contributed by atoms with Crippen molar-refractivity contribution < 1.29 is 19.8 Å². The maximum atomic E-state index is 12.3. The number of urea groups is 1. The summed E-state index contributed by atoms with van der Waals surface area (Å²) in [5.74, 6) is -0.972. The number of aliphatic hydroxyl groups is 1. The second kappa shape index (κ2) is 7.64. The van der Waals surface area contributed by atoms with E-state index in [0.29, 0.717) is 13.1 Å². The van der Waals surface area contributed by atoms with E-state index < -0.39 is 5.97 Å². The third-order valence-electron chi connectivity index (χ3n) is 3.16. The first-order valence-electron chi connectivity index (χ1n) is 6.81. The highest BCUT2D eigenvalue weighted by molar-refractivity contribution is 5.87. The first-order chi connectivity index (χ1) is 9.86. The van der Waals surface area contributed by atoms with E-state index >= 15 is 0 Å². The molecule has 0 bridgehead atoms. The van der Waals surface area contributed by atoms with Gasteiger partial charge >= 0.3 is 12.0 Å². The molecular weight excluding hydrogens is 272 g/mol. The molecular formula is C15H22N2O4. The number of carboxylic acids is 1. The lowest BCUT2D eigenvalue weighted by Crippen LogP contribution is -2.45. The Morgan fingerprint density at radius 2 is 1.76 bits per heavy atom. The molecule has 0 fully saturated rings. The van der Waals surface area contributed by atoms with E-state index in [1.807, 2.05) is 13.8 Å². The van der Waals surface area contributed by atoms with Gasteiger partial charge in [0.1, 0.15) is 0 Å². The van der Waals surface area contributed by atoms with Gasteiger partial charge in [-0.15, -0.1) is 0 Å². The average Bonchev–Trinajstić information content (AvgIpc) is 2.44. The van der Waals surface area contributed by atoms with Gasteiger partial charge in [-0.05, 0) is 31.5 Å². The van der Waals surface area contributed by atoms with Crippen LogP contribution < -0.4 is 0 Å². The summed E-state index contributed by atoms with van der Waals surface area (Å²) in [6, 6.07) is 6.26. The van der Waals surface area contributed by atoms with Crippen molar-refractivity contribution in [2.75, 3.05) is 20.2 Å². The number of amides is 2. The van der Waals surface area contributed by atoms with Crippen LogP contribution in [0.1, 0.15) is 29.8 Å². The highest BCUT2D eigenvalue weighted by atomic mass is 16.4. The van der Waals surface area contributed by atoms with Gasteiger partial charge < -0.3 is 20.0 Å². The SMILES string of the molecule is CC(C)N(CCO)C(=O)N(C)Cc1ccc(C(=O)O)cc1. The van der Waals surface area contributed by atoms with Crippen molar-refractivity contribution >= 4 is 12.0 Å². The van der Waals surface area contributed by atoms with E-state index in [1.54, 1.807) is 29.0 Å². The van der Waals surface area contributed by atoms with Crippen LogP contribution in [0.25, 0.3) is 0 Å². The molecule has 6 nitrogen and oxygen atoms in total. The van der Waals surface area contributed by atoms with Gasteiger partial charge in [-0.25, -0.2) is 9.59 Å². The van der Waals surface area contributed by atoms with E-state index in [9.17, 15) is 9.59 Å². The number of rotatable bonds is 6. The number of aliphatic hydroxyl groups excluding tert-OH is 1. The Labute approximate surface area is 124 Å². The maximum Gasteiger partial charge on any atom is 0.335 e. The lowest BCUT2D eigenvalue weighted by atomic mass is 10.1. The number of hydrogen-bond donors (Lipinski definition) is 2. The van der Waals surface area contributed by atoms with Crippen molar-refractivity contribution in [1.82, 2.24) is 9.80 Å². The summed E-state index contributed by atoms with van der Waals surface area (Å²) in [7, 11) is 1.68. The lowest BCUT2D eigenvalue weighted by Gasteiger charge is -2.30. The number of carbonyl (C=O) groups excluding carboxylic acids is 1. The topological polar surface area (TPSA) is 81.1 Å². The van der Waals surface area contributed by atoms with Gasteiger partial charge in [-0.2, -0.15) is 0 Å². The molecule has 0 saturated carbocycles. The minimum atomic E-state index is -0.972. The van der Waals surface area contributed by atoms with Crippen LogP contribution in [0.3, 0.4) is 0 Å². The second-order valence-corrected chi connectivity index (χ2v) is 5.15. The van der Waals surface area contributed by atoms with Crippen molar-refractivity contribution in [3.8, 4) is 0 Å². The van der Waals surface area contributed by atoms with Crippen molar-refractivity contribution in [3.63, 3.8) is 0 Å². The number of nitrogens with zero attached hydrogens (tertiary/aromatic N) is 2. The van der Waals surface area contributed by atoms with E-state index in [0.717, 1.165) is 5.56 Å². The van der Waals surface area contributed by atoms with Gasteiger partial charge in [0.2, 0.25) is 0 Å². The van der Waals surface area contributed by atoms with E-state index in [4.69, 9.17) is 10.2 Å². The fourth-order valence-corrected chi connectivity index (χ4v) is 2.00. The van der Waals surface area contributed by atoms with Crippen LogP contribution in [0.2, 0.25) is 0 Å². The summed E-state index contributed by atoms with van der Waals surface area (Å²) in [5, 5.41) is 17.9. The standard InChI is InChI=1S/C15H22N2O4/c1-11(2)17(8-9-18)15(21)16(3)10-12-4-6-13(7-5-12)14(19)20/h4-7,11,18H,8-10H2,1-3H3,(H,19,20). The van der Waals surface area contributed by atoms with Gasteiger partial charge in [0, 0.05) is 26.2 Å². The minimum absolute atomic E-state index is 0.00138. The first kappa shape index (κ1) is 17.0. The van der Waals surface area contributed by atoms with Crippen LogP contribution in [-0.2, 0) is 6.54 Å². The third-order valence-corrected chi connectivity index (χ3v) is 3.16. The summed E-state index contributed by atoms with van der Waals surface area (Å²) in [6.07, 6.45) is 0. The molecule has 0 spiro atoms. The summed E-state index contributed by atoms with van der Waals surface area (Å²) in [6.45, 7) is 4.38. The zero-order valence-corrected chi connectivity index (χ0v) is 12.6. The molecule has 1 aromatic rings. The van der Waals surface area contributed by atoms with Gasteiger partial charge in [0.15, 0.2) is 0 Å². The molecule has 21 heavy (non-hydrogen) atoms. The summed E-state index contributed by atoms with van der Waals surface area (Å²) >= 11 is 0. The smallest absolute Gasteiger partial charge is 0.335 e. The summed E-state index contributed by atoms with van der Waals surface area (Å²) in [5.41, 5.74) is 1.07. The zero-order chi connectivity index (χ0) is 16.0. The molecule has 0 aliphatic heterocycles. The van der Waals surface area contributed by atoms with Crippen LogP contribution in [0, 0.1) is 0 Å². The molecule has 0 aromatic heterocycles. The number of hydrogen-bond acceptors (Lipinski definition) is 3. The molecule has 1 rings (SSSR count). The van der Waals surface area contributed by atoms with Crippen molar-refractivity contribution in [2.45, 2.75) is 26.4 Å². The average molecular weight is 294 g/mol. The molecule has 0 unspecified atom stereocenters. The summed E-state index contributed by atoms with van der Waals surface area (Å²) < 4.78 is 0. The lowest BCUT2D eigenvalue weighted by molar-refractivity contribution is 0.0696. The number of aromatic carboxylic acids is 1. The zero-order valence-electron chi connectivity index (χ0n) is 12.6. The minimum Gasteiger partial charge on any atom is -0.478 e. The molecule has 0 radical (unpaired) electrons. The first-order valence-corrected chi connectivity index (χ1v) is 6.81. The Bertz CT molecular complexity index is 485. The van der Waals surface area contributed by atoms with Crippen molar-refractivity contribution in [1.29, 1.82) is 0 Å².